The average Bonchev–Trinajstić information content (AvgIpc) is 2.50. The molecule has 0 aliphatic carbocycles. The van der Waals surface area contributed by atoms with E-state index in [4.69, 9.17) is 4.74 Å². The standard InChI is InChI=1S/C16H25FN2O.2ClH/c1-3-4-5-15(19-10-8-18-9-11-19)13-6-7-14(17)16(12-13)20-2;;/h6-7,12,15,18H,3-5,8-11H2,1-2H3;2*1H/t15-;;/m1../s1. The van der Waals surface area contributed by atoms with E-state index in [1.54, 1.807) is 0 Å². The molecule has 1 heterocycles. The molecule has 1 fully saturated rings. The number of rotatable bonds is 6. The highest BCUT2D eigenvalue weighted by molar-refractivity contribution is 5.85. The number of nitrogens with zero attached hydrogens (tertiary/aromatic N) is 1. The maximum Gasteiger partial charge on any atom is 0.165 e. The third-order valence-electron chi connectivity index (χ3n) is 3.98. The number of ether oxygens (including phenoxy) is 1. The van der Waals surface area contributed by atoms with Crippen molar-refractivity contribution < 1.29 is 9.13 Å². The lowest BCUT2D eigenvalue weighted by Gasteiger charge is -2.35. The Kier molecular flexibility index (Phi) is 10.8. The fraction of sp³-hybridized carbons (Fsp3) is 0.625. The highest BCUT2D eigenvalue weighted by atomic mass is 35.5. The number of hydrogen-bond acceptors (Lipinski definition) is 3. The third kappa shape index (κ3) is 5.58. The van der Waals surface area contributed by atoms with E-state index < -0.39 is 0 Å². The molecule has 0 bridgehead atoms. The minimum absolute atomic E-state index is 0. The molecule has 2 rings (SSSR count). The summed E-state index contributed by atoms with van der Waals surface area (Å²) in [4.78, 5) is 2.50. The van der Waals surface area contributed by atoms with E-state index in [2.05, 4.69) is 17.1 Å². The van der Waals surface area contributed by atoms with Gasteiger partial charge in [0.05, 0.1) is 7.11 Å². The average molecular weight is 353 g/mol. The van der Waals surface area contributed by atoms with E-state index in [-0.39, 0.29) is 30.6 Å². The number of hydrogen-bond donors (Lipinski definition) is 1. The van der Waals surface area contributed by atoms with Crippen molar-refractivity contribution in [2.45, 2.75) is 32.2 Å². The van der Waals surface area contributed by atoms with Gasteiger partial charge in [-0.05, 0) is 24.1 Å². The fourth-order valence-electron chi connectivity index (χ4n) is 2.83. The predicted molar refractivity (Wildman–Crippen MR) is 94.2 cm³/mol. The molecule has 0 spiro atoms. The summed E-state index contributed by atoms with van der Waals surface area (Å²) in [6, 6.07) is 5.65. The van der Waals surface area contributed by atoms with E-state index in [0.29, 0.717) is 11.8 Å². The molecule has 1 aliphatic rings. The molecule has 1 aromatic carbocycles. The van der Waals surface area contributed by atoms with Gasteiger partial charge in [-0.15, -0.1) is 24.8 Å². The second-order valence-corrected chi connectivity index (χ2v) is 5.34. The van der Waals surface area contributed by atoms with Crippen LogP contribution in [0, 0.1) is 5.82 Å². The lowest BCUT2D eigenvalue weighted by Crippen LogP contribution is -2.45. The quantitative estimate of drug-likeness (QED) is 0.842. The molecule has 0 unspecified atom stereocenters. The Morgan fingerprint density at radius 3 is 2.55 bits per heavy atom. The molecule has 1 saturated heterocycles. The van der Waals surface area contributed by atoms with Gasteiger partial charge in [-0.2, -0.15) is 0 Å². The van der Waals surface area contributed by atoms with Crippen LogP contribution < -0.4 is 10.1 Å². The van der Waals surface area contributed by atoms with Crippen molar-refractivity contribution in [1.29, 1.82) is 0 Å². The normalized spacial score (nSPS) is 16.3. The molecular weight excluding hydrogens is 326 g/mol. The van der Waals surface area contributed by atoms with Gasteiger partial charge < -0.3 is 10.1 Å². The molecule has 6 heteroatoms. The molecule has 0 radical (unpaired) electrons. The Labute approximate surface area is 145 Å². The predicted octanol–water partition coefficient (Wildman–Crippen LogP) is 3.81. The van der Waals surface area contributed by atoms with Crippen LogP contribution >= 0.6 is 24.8 Å². The van der Waals surface area contributed by atoms with Gasteiger partial charge in [-0.25, -0.2) is 4.39 Å². The van der Waals surface area contributed by atoms with Crippen molar-refractivity contribution in [2.75, 3.05) is 33.3 Å². The lowest BCUT2D eigenvalue weighted by atomic mass is 9.98. The van der Waals surface area contributed by atoms with Crippen molar-refractivity contribution in [3.8, 4) is 5.75 Å². The summed E-state index contributed by atoms with van der Waals surface area (Å²) < 4.78 is 18.7. The second-order valence-electron chi connectivity index (χ2n) is 5.34. The monoisotopic (exact) mass is 352 g/mol. The van der Waals surface area contributed by atoms with Crippen molar-refractivity contribution in [2.24, 2.45) is 0 Å². The Morgan fingerprint density at radius 1 is 1.27 bits per heavy atom. The summed E-state index contributed by atoms with van der Waals surface area (Å²) in [6.07, 6.45) is 3.49. The molecule has 1 aliphatic heterocycles. The topological polar surface area (TPSA) is 24.5 Å². The second kappa shape index (κ2) is 11.1. The van der Waals surface area contributed by atoms with Gasteiger partial charge in [0.2, 0.25) is 0 Å². The van der Waals surface area contributed by atoms with Gasteiger partial charge in [0.15, 0.2) is 11.6 Å². The fourth-order valence-corrected chi connectivity index (χ4v) is 2.83. The first-order valence-corrected chi connectivity index (χ1v) is 7.54. The summed E-state index contributed by atoms with van der Waals surface area (Å²) in [6.45, 7) is 6.37. The number of piperazine rings is 1. The van der Waals surface area contributed by atoms with Crippen molar-refractivity contribution in [1.82, 2.24) is 10.2 Å². The summed E-state index contributed by atoms with van der Waals surface area (Å²) in [5, 5.41) is 3.38. The largest absolute Gasteiger partial charge is 0.494 e. The Bertz CT molecular complexity index is 429. The first kappa shape index (κ1) is 21.4. The van der Waals surface area contributed by atoms with Crippen LogP contribution in [0.4, 0.5) is 4.39 Å². The van der Waals surface area contributed by atoms with E-state index in [0.717, 1.165) is 32.6 Å². The van der Waals surface area contributed by atoms with Crippen LogP contribution in [0.5, 0.6) is 5.75 Å². The maximum atomic E-state index is 13.6. The van der Waals surface area contributed by atoms with Gasteiger partial charge in [-0.1, -0.05) is 25.8 Å². The van der Waals surface area contributed by atoms with Crippen molar-refractivity contribution in [3.05, 3.63) is 29.6 Å². The highest BCUT2D eigenvalue weighted by Gasteiger charge is 2.22. The molecule has 0 aromatic heterocycles. The number of methoxy groups -OCH3 is 1. The van der Waals surface area contributed by atoms with Crippen LogP contribution in [0.15, 0.2) is 18.2 Å². The minimum atomic E-state index is -0.286. The molecular formula is C16H27Cl2FN2O. The van der Waals surface area contributed by atoms with Crippen LogP contribution in [0.3, 0.4) is 0 Å². The van der Waals surface area contributed by atoms with Crippen molar-refractivity contribution >= 4 is 24.8 Å². The molecule has 22 heavy (non-hydrogen) atoms. The van der Waals surface area contributed by atoms with E-state index in [9.17, 15) is 4.39 Å². The maximum absolute atomic E-state index is 13.6. The first-order valence-electron chi connectivity index (χ1n) is 7.54. The van der Waals surface area contributed by atoms with Crippen LogP contribution in [0.2, 0.25) is 0 Å². The molecule has 128 valence electrons. The van der Waals surface area contributed by atoms with Gasteiger partial charge in [-0.3, -0.25) is 4.90 Å². The zero-order chi connectivity index (χ0) is 14.4. The molecule has 3 nitrogen and oxygen atoms in total. The number of unbranched alkanes of at least 4 members (excludes halogenated alkanes) is 1. The minimum Gasteiger partial charge on any atom is -0.494 e. The van der Waals surface area contributed by atoms with E-state index in [1.165, 1.54) is 31.6 Å². The van der Waals surface area contributed by atoms with E-state index >= 15 is 0 Å². The number of benzene rings is 1. The Morgan fingerprint density at radius 2 is 1.95 bits per heavy atom. The number of halogens is 3. The lowest BCUT2D eigenvalue weighted by molar-refractivity contribution is 0.163. The molecule has 1 N–H and O–H groups in total. The zero-order valence-corrected chi connectivity index (χ0v) is 14.9. The molecule has 1 aromatic rings. The van der Waals surface area contributed by atoms with Crippen LogP contribution in [0.1, 0.15) is 37.8 Å². The molecule has 0 saturated carbocycles. The van der Waals surface area contributed by atoms with Gasteiger partial charge in [0.25, 0.3) is 0 Å². The van der Waals surface area contributed by atoms with Crippen LogP contribution in [-0.2, 0) is 0 Å². The SMILES string of the molecule is CCCC[C@H](c1ccc(F)c(OC)c1)N1CCNCC1.Cl.Cl. The van der Waals surface area contributed by atoms with Crippen LogP contribution in [0.25, 0.3) is 0 Å². The zero-order valence-electron chi connectivity index (χ0n) is 13.3. The number of nitrogens with one attached hydrogen (secondary N) is 1. The summed E-state index contributed by atoms with van der Waals surface area (Å²) in [5.74, 6) is 0.0601. The first-order chi connectivity index (χ1) is 9.76. The highest BCUT2D eigenvalue weighted by Crippen LogP contribution is 2.30. The molecule has 0 amide bonds. The van der Waals surface area contributed by atoms with Gasteiger partial charge in [0, 0.05) is 32.2 Å². The van der Waals surface area contributed by atoms with Gasteiger partial charge in [0.1, 0.15) is 0 Å². The smallest absolute Gasteiger partial charge is 0.165 e. The van der Waals surface area contributed by atoms with Crippen LogP contribution in [-0.4, -0.2) is 38.2 Å². The Hall–Kier alpha value is -0.550. The Balaban J connectivity index is 0.00000220. The van der Waals surface area contributed by atoms with E-state index in [1.807, 2.05) is 12.1 Å². The summed E-state index contributed by atoms with van der Waals surface area (Å²) in [7, 11) is 1.52. The molecule has 1 atom stereocenters. The van der Waals surface area contributed by atoms with Gasteiger partial charge >= 0.3 is 0 Å². The summed E-state index contributed by atoms with van der Waals surface area (Å²) >= 11 is 0. The third-order valence-corrected chi connectivity index (χ3v) is 3.98. The summed E-state index contributed by atoms with van der Waals surface area (Å²) in [5.41, 5.74) is 1.17. The van der Waals surface area contributed by atoms with Crippen molar-refractivity contribution in [3.63, 3.8) is 0 Å².